The van der Waals surface area contributed by atoms with Crippen molar-refractivity contribution < 1.29 is 27.5 Å². The molecule has 0 bridgehead atoms. The highest BCUT2D eigenvalue weighted by atomic mass is 32.2. The molecule has 1 aromatic carbocycles. The van der Waals surface area contributed by atoms with Crippen LogP contribution in [0.5, 0.6) is 0 Å². The van der Waals surface area contributed by atoms with E-state index in [1.165, 1.54) is 16.0 Å². The van der Waals surface area contributed by atoms with Crippen molar-refractivity contribution in [3.8, 4) is 0 Å². The Morgan fingerprint density at radius 1 is 1.24 bits per heavy atom. The monoisotopic (exact) mass is 423 g/mol. The molecular formula is C19H25N3O6S. The number of hydrazone groups is 1. The Bertz CT molecular complexity index is 937. The number of hydrogen-bond acceptors (Lipinski definition) is 8. The van der Waals surface area contributed by atoms with E-state index in [4.69, 9.17) is 9.47 Å². The first-order valence-corrected chi connectivity index (χ1v) is 11.1. The Hall–Kier alpha value is -2.46. The molecule has 1 saturated heterocycles. The lowest BCUT2D eigenvalue weighted by molar-refractivity contribution is -0.144. The zero-order chi connectivity index (χ0) is 21.2. The minimum Gasteiger partial charge on any atom is -0.464 e. The van der Waals surface area contributed by atoms with Crippen molar-refractivity contribution in [1.82, 2.24) is 4.90 Å². The average Bonchev–Trinajstić information content (AvgIpc) is 2.70. The van der Waals surface area contributed by atoms with Gasteiger partial charge in [0.2, 0.25) is 14.9 Å². The molecule has 0 spiro atoms. The topological polar surface area (TPSA) is 106 Å². The highest BCUT2D eigenvalue weighted by Gasteiger charge is 2.42. The number of anilines is 1. The number of morpholine rings is 1. The van der Waals surface area contributed by atoms with Crippen molar-refractivity contribution in [2.24, 2.45) is 5.10 Å². The van der Waals surface area contributed by atoms with Gasteiger partial charge in [0.1, 0.15) is 6.04 Å². The highest BCUT2D eigenvalue weighted by Crippen LogP contribution is 2.35. The minimum atomic E-state index is -4.14. The number of carbonyl (C=O) groups is 2. The maximum absolute atomic E-state index is 13.2. The number of rotatable bonds is 5. The van der Waals surface area contributed by atoms with Gasteiger partial charge in [0, 0.05) is 13.1 Å². The van der Waals surface area contributed by atoms with Crippen LogP contribution in [0.4, 0.5) is 5.69 Å². The first-order chi connectivity index (χ1) is 13.8. The van der Waals surface area contributed by atoms with Gasteiger partial charge in [-0.1, -0.05) is 13.0 Å². The summed E-state index contributed by atoms with van der Waals surface area (Å²) in [6, 6.07) is 3.90. The Morgan fingerprint density at radius 3 is 2.55 bits per heavy atom. The van der Waals surface area contributed by atoms with E-state index in [2.05, 4.69) is 5.10 Å². The molecule has 3 rings (SSSR count). The van der Waals surface area contributed by atoms with Crippen molar-refractivity contribution in [2.45, 2.75) is 38.1 Å². The summed E-state index contributed by atoms with van der Waals surface area (Å²) in [6.07, 6.45) is 0.328. The summed E-state index contributed by atoms with van der Waals surface area (Å²) < 4.78 is 36.8. The molecular weight excluding hydrogens is 398 g/mol. The molecule has 0 N–H and O–H groups in total. The van der Waals surface area contributed by atoms with Crippen LogP contribution in [0.25, 0.3) is 0 Å². The lowest BCUT2D eigenvalue weighted by Gasteiger charge is -2.34. The van der Waals surface area contributed by atoms with Crippen LogP contribution in [0.3, 0.4) is 0 Å². The fourth-order valence-corrected chi connectivity index (χ4v) is 4.76. The summed E-state index contributed by atoms with van der Waals surface area (Å²) >= 11 is 0. The highest BCUT2D eigenvalue weighted by molar-refractivity contribution is 8.08. The van der Waals surface area contributed by atoms with Gasteiger partial charge in [-0.2, -0.15) is 5.10 Å². The number of aryl methyl sites for hydroxylation is 1. The Morgan fingerprint density at radius 2 is 1.93 bits per heavy atom. The predicted octanol–water partition coefficient (Wildman–Crippen LogP) is 1.10. The van der Waals surface area contributed by atoms with Gasteiger partial charge in [0.25, 0.3) is 5.91 Å². The van der Waals surface area contributed by atoms with E-state index in [9.17, 15) is 18.0 Å². The predicted molar refractivity (Wildman–Crippen MR) is 106 cm³/mol. The molecule has 1 atom stereocenters. The molecule has 10 heteroatoms. The lowest BCUT2D eigenvalue weighted by Crippen LogP contribution is -2.49. The van der Waals surface area contributed by atoms with Crippen molar-refractivity contribution in [3.63, 3.8) is 0 Å². The Balaban J connectivity index is 2.13. The zero-order valence-electron chi connectivity index (χ0n) is 16.8. The number of carbonyl (C=O) groups excluding carboxylic acids is 2. The number of fused-ring (bicyclic) bond motifs is 1. The van der Waals surface area contributed by atoms with Gasteiger partial charge in [-0.3, -0.25) is 4.79 Å². The zero-order valence-corrected chi connectivity index (χ0v) is 17.6. The van der Waals surface area contributed by atoms with Gasteiger partial charge in [0.05, 0.1) is 30.4 Å². The van der Waals surface area contributed by atoms with E-state index >= 15 is 0 Å². The normalized spacial score (nSPS) is 19.2. The fourth-order valence-electron chi connectivity index (χ4n) is 3.32. The van der Waals surface area contributed by atoms with Crippen molar-refractivity contribution >= 4 is 32.4 Å². The number of sulfone groups is 1. The number of benzene rings is 1. The summed E-state index contributed by atoms with van der Waals surface area (Å²) in [7, 11) is -4.14. The molecule has 1 fully saturated rings. The van der Waals surface area contributed by atoms with Gasteiger partial charge in [-0.05, 0) is 38.0 Å². The molecule has 0 unspecified atom stereocenters. The van der Waals surface area contributed by atoms with Crippen LogP contribution >= 0.6 is 0 Å². The van der Waals surface area contributed by atoms with Crippen molar-refractivity contribution in [2.75, 3.05) is 37.9 Å². The second-order valence-corrected chi connectivity index (χ2v) is 8.64. The van der Waals surface area contributed by atoms with Crippen LogP contribution in [0.2, 0.25) is 0 Å². The van der Waals surface area contributed by atoms with E-state index in [0.717, 1.165) is 5.56 Å². The summed E-state index contributed by atoms with van der Waals surface area (Å²) in [4.78, 5) is 26.9. The quantitative estimate of drug-likeness (QED) is 0.653. The number of nitrogens with zero attached hydrogens (tertiary/aromatic N) is 3. The maximum atomic E-state index is 13.2. The largest absolute Gasteiger partial charge is 0.464 e. The Labute approximate surface area is 170 Å². The first-order valence-electron chi connectivity index (χ1n) is 9.58. The standard InChI is InChI=1S/C19H25N3O6S/c1-4-14(19(24)28-5-2)22-15-12-13(3)6-7-16(15)29(25,26)17(20-22)18(23)21-8-10-27-11-9-21/h6-7,12,14H,4-5,8-11H2,1-3H3/t14-/m1/s1. The molecule has 0 aromatic heterocycles. The summed E-state index contributed by atoms with van der Waals surface area (Å²) in [5, 5.41) is 4.93. The molecule has 0 aliphatic carbocycles. The van der Waals surface area contributed by atoms with Gasteiger partial charge in [0.15, 0.2) is 0 Å². The van der Waals surface area contributed by atoms with Crippen LogP contribution in [0, 0.1) is 6.92 Å². The first kappa shape index (κ1) is 21.3. The lowest BCUT2D eigenvalue weighted by atomic mass is 10.1. The van der Waals surface area contributed by atoms with Crippen LogP contribution in [-0.2, 0) is 28.9 Å². The van der Waals surface area contributed by atoms with Gasteiger partial charge >= 0.3 is 5.97 Å². The van der Waals surface area contributed by atoms with E-state index in [0.29, 0.717) is 19.6 Å². The number of esters is 1. The smallest absolute Gasteiger partial charge is 0.330 e. The molecule has 29 heavy (non-hydrogen) atoms. The number of amides is 1. The molecule has 2 aliphatic rings. The average molecular weight is 423 g/mol. The van der Waals surface area contributed by atoms with Gasteiger partial charge in [-0.25, -0.2) is 18.2 Å². The minimum absolute atomic E-state index is 0.0440. The second-order valence-electron chi connectivity index (χ2n) is 6.81. The fraction of sp³-hybridized carbons (Fsp3) is 0.526. The van der Waals surface area contributed by atoms with Crippen LogP contribution in [0.15, 0.2) is 28.2 Å². The summed E-state index contributed by atoms with van der Waals surface area (Å²) in [6.45, 7) is 6.70. The molecule has 9 nitrogen and oxygen atoms in total. The molecule has 158 valence electrons. The molecule has 2 heterocycles. The molecule has 1 amide bonds. The third-order valence-electron chi connectivity index (χ3n) is 4.83. The Kier molecular flexibility index (Phi) is 6.23. The van der Waals surface area contributed by atoms with E-state index < -0.39 is 32.8 Å². The number of ether oxygens (including phenoxy) is 2. The molecule has 2 aliphatic heterocycles. The third kappa shape index (κ3) is 3.99. The van der Waals surface area contributed by atoms with E-state index in [1.54, 1.807) is 26.0 Å². The van der Waals surface area contributed by atoms with Gasteiger partial charge < -0.3 is 14.4 Å². The SMILES string of the molecule is CCOC(=O)[C@@H](CC)N1N=C(C(=O)N2CCOCC2)S(=O)(=O)c2ccc(C)cc21. The van der Waals surface area contributed by atoms with Crippen LogP contribution in [0.1, 0.15) is 25.8 Å². The van der Waals surface area contributed by atoms with E-state index in [1.807, 2.05) is 6.92 Å². The van der Waals surface area contributed by atoms with Crippen LogP contribution in [-0.4, -0.2) is 69.2 Å². The van der Waals surface area contributed by atoms with Crippen molar-refractivity contribution in [3.05, 3.63) is 23.8 Å². The molecule has 1 aromatic rings. The van der Waals surface area contributed by atoms with Crippen LogP contribution < -0.4 is 5.01 Å². The van der Waals surface area contributed by atoms with Crippen molar-refractivity contribution in [1.29, 1.82) is 0 Å². The molecule has 0 radical (unpaired) electrons. The molecule has 0 saturated carbocycles. The summed E-state index contributed by atoms with van der Waals surface area (Å²) in [5.74, 6) is -1.22. The third-order valence-corrected chi connectivity index (χ3v) is 6.52. The number of hydrogen-bond donors (Lipinski definition) is 0. The van der Waals surface area contributed by atoms with E-state index in [-0.39, 0.29) is 30.3 Å². The van der Waals surface area contributed by atoms with Gasteiger partial charge in [-0.15, -0.1) is 0 Å². The second kappa shape index (κ2) is 8.50. The summed E-state index contributed by atoms with van der Waals surface area (Å²) in [5.41, 5.74) is 1.07. The maximum Gasteiger partial charge on any atom is 0.330 e.